The molecule has 1 aromatic heterocycles. The Kier molecular flexibility index (Phi) is 4.35. The molecular weight excluding hydrogens is 340 g/mol. The second-order valence-corrected chi connectivity index (χ2v) is 8.38. The molecule has 5 heteroatoms. The molecule has 1 saturated carbocycles. The molecule has 0 amide bonds. The van der Waals surface area contributed by atoms with Crippen LogP contribution in [0.15, 0.2) is 18.2 Å². The van der Waals surface area contributed by atoms with Crippen LogP contribution in [-0.2, 0) is 9.53 Å². The smallest absolute Gasteiger partial charge is 0.329 e. The van der Waals surface area contributed by atoms with Gasteiger partial charge in [-0.15, -0.1) is 0 Å². The molecule has 2 aliphatic heterocycles. The van der Waals surface area contributed by atoms with Crippen molar-refractivity contribution in [2.75, 3.05) is 26.8 Å². The predicted molar refractivity (Wildman–Crippen MR) is 104 cm³/mol. The van der Waals surface area contributed by atoms with Gasteiger partial charge >= 0.3 is 5.97 Å². The van der Waals surface area contributed by atoms with Gasteiger partial charge in [-0.2, -0.15) is 0 Å². The van der Waals surface area contributed by atoms with E-state index in [4.69, 9.17) is 9.47 Å². The minimum Gasteiger partial charge on any atom is -0.497 e. The van der Waals surface area contributed by atoms with Gasteiger partial charge in [0, 0.05) is 29.1 Å². The maximum atomic E-state index is 13.1. The summed E-state index contributed by atoms with van der Waals surface area (Å²) in [5, 5.41) is 1.20. The van der Waals surface area contributed by atoms with Crippen LogP contribution in [0.25, 0.3) is 10.9 Å². The summed E-state index contributed by atoms with van der Waals surface area (Å²) in [5.41, 5.74) is 3.43. The highest BCUT2D eigenvalue weighted by molar-refractivity contribution is 5.90. The number of ether oxygens (including phenoxy) is 2. The topological polar surface area (TPSA) is 54.6 Å². The fraction of sp³-hybridized carbons (Fsp3) is 0.591. The standard InChI is InChI=1S/C22H28N2O3/c1-26-16-7-8-18-17(11-16)19-15-9-10-24(12-15)21(20(19)23-18)22(25)27-13-14-5-3-2-4-6-14/h7-8,11,14-15,21,23H,2-6,9-10,12-13H2,1H3. The van der Waals surface area contributed by atoms with Crippen LogP contribution in [0.1, 0.15) is 61.7 Å². The number of nitrogens with zero attached hydrogens (tertiary/aromatic N) is 1. The normalized spacial score (nSPS) is 27.5. The van der Waals surface area contributed by atoms with Crippen molar-refractivity contribution in [3.8, 4) is 5.75 Å². The Bertz CT molecular complexity index is 853. The lowest BCUT2D eigenvalue weighted by Gasteiger charge is -2.31. The largest absolute Gasteiger partial charge is 0.497 e. The number of benzene rings is 1. The summed E-state index contributed by atoms with van der Waals surface area (Å²) in [4.78, 5) is 18.9. The minimum absolute atomic E-state index is 0.0827. The number of hydrogen-bond acceptors (Lipinski definition) is 4. The highest BCUT2D eigenvalue weighted by Crippen LogP contribution is 2.46. The van der Waals surface area contributed by atoms with E-state index in [2.05, 4.69) is 22.0 Å². The van der Waals surface area contributed by atoms with Crippen LogP contribution >= 0.6 is 0 Å². The number of aromatic nitrogens is 1. The molecule has 5 nitrogen and oxygen atoms in total. The zero-order valence-electron chi connectivity index (χ0n) is 16.0. The Morgan fingerprint density at radius 2 is 2.07 bits per heavy atom. The van der Waals surface area contributed by atoms with Crippen LogP contribution in [0.3, 0.4) is 0 Å². The number of carbonyl (C=O) groups excluding carboxylic acids is 1. The molecule has 27 heavy (non-hydrogen) atoms. The van der Waals surface area contributed by atoms with E-state index in [-0.39, 0.29) is 12.0 Å². The van der Waals surface area contributed by atoms with Crippen LogP contribution in [0.5, 0.6) is 5.75 Å². The third-order valence-electron chi connectivity index (χ3n) is 6.75. The molecule has 1 saturated heterocycles. The molecule has 2 fully saturated rings. The lowest BCUT2D eigenvalue weighted by Crippen LogP contribution is -2.37. The highest BCUT2D eigenvalue weighted by atomic mass is 16.5. The van der Waals surface area contributed by atoms with Gasteiger partial charge in [0.1, 0.15) is 11.8 Å². The van der Waals surface area contributed by atoms with Crippen molar-refractivity contribution in [1.29, 1.82) is 0 Å². The summed E-state index contributed by atoms with van der Waals surface area (Å²) >= 11 is 0. The fourth-order valence-corrected chi connectivity index (χ4v) is 5.33. The number of aromatic amines is 1. The summed E-state index contributed by atoms with van der Waals surface area (Å²) < 4.78 is 11.3. The quantitative estimate of drug-likeness (QED) is 0.824. The summed E-state index contributed by atoms with van der Waals surface area (Å²) in [6, 6.07) is 5.84. The first kappa shape index (κ1) is 17.1. The number of carbonyl (C=O) groups is 1. The number of hydrogen-bond donors (Lipinski definition) is 1. The van der Waals surface area contributed by atoms with Crippen LogP contribution in [0.2, 0.25) is 0 Å². The van der Waals surface area contributed by atoms with E-state index >= 15 is 0 Å². The molecular formula is C22H28N2O3. The van der Waals surface area contributed by atoms with Crippen molar-refractivity contribution in [3.05, 3.63) is 29.5 Å². The molecule has 2 aromatic rings. The van der Waals surface area contributed by atoms with Gasteiger partial charge in [-0.1, -0.05) is 19.3 Å². The second-order valence-electron chi connectivity index (χ2n) is 8.38. The first-order valence-electron chi connectivity index (χ1n) is 10.3. The molecule has 5 rings (SSSR count). The Labute approximate surface area is 160 Å². The molecule has 3 heterocycles. The molecule has 144 valence electrons. The Morgan fingerprint density at radius 1 is 1.22 bits per heavy atom. The van der Waals surface area contributed by atoms with E-state index in [1.807, 2.05) is 6.07 Å². The SMILES string of the molecule is COc1ccc2[nH]c3c(c2c1)C1CCN(C1)C3C(=O)OCC1CCCCC1. The van der Waals surface area contributed by atoms with E-state index in [1.54, 1.807) is 7.11 Å². The average molecular weight is 368 g/mol. The van der Waals surface area contributed by atoms with E-state index in [0.717, 1.165) is 36.5 Å². The van der Waals surface area contributed by atoms with Gasteiger partial charge in [0.05, 0.1) is 13.7 Å². The summed E-state index contributed by atoms with van der Waals surface area (Å²) in [7, 11) is 1.70. The van der Waals surface area contributed by atoms with Gasteiger partial charge in [-0.3, -0.25) is 4.90 Å². The van der Waals surface area contributed by atoms with E-state index < -0.39 is 0 Å². The molecule has 0 spiro atoms. The summed E-state index contributed by atoms with van der Waals surface area (Å²) in [6.45, 7) is 2.48. The van der Waals surface area contributed by atoms with Crippen LogP contribution in [0.4, 0.5) is 0 Å². The van der Waals surface area contributed by atoms with Crippen LogP contribution in [0, 0.1) is 5.92 Å². The number of rotatable bonds is 4. The van der Waals surface area contributed by atoms with Gasteiger partial charge in [0.25, 0.3) is 0 Å². The third kappa shape index (κ3) is 2.92. The third-order valence-corrected chi connectivity index (χ3v) is 6.75. The molecule has 3 unspecified atom stereocenters. The van der Waals surface area contributed by atoms with Crippen molar-refractivity contribution in [3.63, 3.8) is 0 Å². The van der Waals surface area contributed by atoms with Crippen molar-refractivity contribution in [2.24, 2.45) is 5.92 Å². The monoisotopic (exact) mass is 368 g/mol. The molecule has 2 bridgehead atoms. The molecule has 3 atom stereocenters. The first-order valence-corrected chi connectivity index (χ1v) is 10.3. The molecule has 1 N–H and O–H groups in total. The number of methoxy groups -OCH3 is 1. The minimum atomic E-state index is -0.291. The second kappa shape index (κ2) is 6.86. The maximum absolute atomic E-state index is 13.1. The highest BCUT2D eigenvalue weighted by Gasteiger charge is 2.44. The maximum Gasteiger partial charge on any atom is 0.329 e. The summed E-state index contributed by atoms with van der Waals surface area (Å²) in [5.74, 6) is 1.81. The summed E-state index contributed by atoms with van der Waals surface area (Å²) in [6.07, 6.45) is 7.36. The number of esters is 1. The number of fused-ring (bicyclic) bond motifs is 6. The average Bonchev–Trinajstić information content (AvgIpc) is 3.29. The molecule has 3 aliphatic rings. The zero-order valence-corrected chi connectivity index (χ0v) is 16.0. The predicted octanol–water partition coefficient (Wildman–Crippen LogP) is 4.14. The molecule has 0 radical (unpaired) electrons. The Morgan fingerprint density at radius 3 is 2.89 bits per heavy atom. The Hall–Kier alpha value is -2.01. The first-order chi connectivity index (χ1) is 13.2. The zero-order chi connectivity index (χ0) is 18.4. The van der Waals surface area contributed by atoms with Crippen LogP contribution in [-0.4, -0.2) is 42.7 Å². The van der Waals surface area contributed by atoms with Gasteiger partial charge in [0.15, 0.2) is 0 Å². The van der Waals surface area contributed by atoms with Gasteiger partial charge in [-0.25, -0.2) is 4.79 Å². The molecule has 1 aromatic carbocycles. The van der Waals surface area contributed by atoms with Gasteiger partial charge in [0.2, 0.25) is 0 Å². The fourth-order valence-electron chi connectivity index (χ4n) is 5.33. The lowest BCUT2D eigenvalue weighted by atomic mass is 9.89. The number of H-pyrrole nitrogens is 1. The lowest BCUT2D eigenvalue weighted by molar-refractivity contribution is -0.152. The van der Waals surface area contributed by atoms with Crippen molar-refractivity contribution >= 4 is 16.9 Å². The van der Waals surface area contributed by atoms with E-state index in [1.165, 1.54) is 43.1 Å². The van der Waals surface area contributed by atoms with Crippen LogP contribution < -0.4 is 4.74 Å². The van der Waals surface area contributed by atoms with E-state index in [0.29, 0.717) is 18.4 Å². The number of nitrogens with one attached hydrogen (secondary N) is 1. The molecule has 1 aliphatic carbocycles. The van der Waals surface area contributed by atoms with Crippen molar-refractivity contribution in [1.82, 2.24) is 9.88 Å². The van der Waals surface area contributed by atoms with E-state index in [9.17, 15) is 4.79 Å². The van der Waals surface area contributed by atoms with Gasteiger partial charge < -0.3 is 14.5 Å². The van der Waals surface area contributed by atoms with Gasteiger partial charge in [-0.05, 0) is 55.5 Å². The van der Waals surface area contributed by atoms with Crippen molar-refractivity contribution in [2.45, 2.75) is 50.5 Å². The Balaban J connectivity index is 1.44. The van der Waals surface area contributed by atoms with Crippen molar-refractivity contribution < 1.29 is 14.3 Å².